The lowest BCUT2D eigenvalue weighted by atomic mass is 9.84. The molecule has 1 heterocycles. The Bertz CT molecular complexity index is 816. The minimum absolute atomic E-state index is 0.0255. The van der Waals surface area contributed by atoms with Crippen molar-refractivity contribution in [1.29, 1.82) is 0 Å². The second kappa shape index (κ2) is 8.54. The summed E-state index contributed by atoms with van der Waals surface area (Å²) in [6.45, 7) is 0.350. The lowest BCUT2D eigenvalue weighted by Gasteiger charge is -2.34. The number of nitrogens with zero attached hydrogens (tertiary/aromatic N) is 3. The first kappa shape index (κ1) is 18.0. The van der Waals surface area contributed by atoms with E-state index in [-0.39, 0.29) is 12.5 Å². The van der Waals surface area contributed by atoms with Crippen LogP contribution in [0.25, 0.3) is 16.5 Å². The molecule has 0 aliphatic carbocycles. The van der Waals surface area contributed by atoms with E-state index in [2.05, 4.69) is 10.0 Å². The van der Waals surface area contributed by atoms with E-state index < -0.39 is 12.2 Å². The van der Waals surface area contributed by atoms with Crippen molar-refractivity contribution in [2.24, 2.45) is 5.11 Å². The molecule has 6 heteroatoms. The number of benzene rings is 2. The molecule has 1 aliphatic rings. The molecule has 0 saturated heterocycles. The minimum atomic E-state index is -0.883. The predicted octanol–water partition coefficient (Wildman–Crippen LogP) is 4.06. The van der Waals surface area contributed by atoms with Crippen LogP contribution in [0.5, 0.6) is 5.75 Å². The summed E-state index contributed by atoms with van der Waals surface area (Å²) >= 11 is 0. The predicted molar refractivity (Wildman–Crippen MR) is 99.8 cm³/mol. The second-order valence-electron chi connectivity index (χ2n) is 6.12. The molecular weight excluding hydrogens is 330 g/mol. The van der Waals surface area contributed by atoms with Crippen molar-refractivity contribution in [1.82, 2.24) is 0 Å². The maximum atomic E-state index is 10.5. The summed E-state index contributed by atoms with van der Waals surface area (Å²) in [7, 11) is 1.63. The molecule has 1 N–H and O–H groups in total. The van der Waals surface area contributed by atoms with Crippen molar-refractivity contribution >= 4 is 6.08 Å². The summed E-state index contributed by atoms with van der Waals surface area (Å²) in [5.74, 6) is 0.611. The van der Waals surface area contributed by atoms with Gasteiger partial charge < -0.3 is 14.6 Å². The molecule has 1 aliphatic heterocycles. The quantitative estimate of drug-likeness (QED) is 0.483. The summed E-state index contributed by atoms with van der Waals surface area (Å²) in [6, 6.07) is 15.8. The molecule has 0 unspecified atom stereocenters. The normalized spacial score (nSPS) is 20.2. The van der Waals surface area contributed by atoms with E-state index >= 15 is 0 Å². The molecule has 0 amide bonds. The molecule has 0 spiro atoms. The number of fused-ring (bicyclic) bond motifs is 1. The van der Waals surface area contributed by atoms with E-state index in [1.54, 1.807) is 7.11 Å². The van der Waals surface area contributed by atoms with E-state index in [4.69, 9.17) is 15.0 Å². The van der Waals surface area contributed by atoms with Crippen LogP contribution in [0.15, 0.2) is 59.7 Å². The standard InChI is InChI=1S/C20H21N3O3/c1-25-16-8-10-17-15(11-16)13-26-20(19(24)12-22-23-21)18(17)9-7-14-5-3-2-4-6-14/h2-11,18-20,24H,12-13H2,1H3/b9-7+/t18-,19+,20-/m0/s1. The van der Waals surface area contributed by atoms with Crippen molar-refractivity contribution in [3.05, 3.63) is 81.7 Å². The topological polar surface area (TPSA) is 87.5 Å². The Morgan fingerprint density at radius 2 is 2.15 bits per heavy atom. The maximum Gasteiger partial charge on any atom is 0.119 e. The van der Waals surface area contributed by atoms with E-state index in [0.717, 1.165) is 22.4 Å². The number of aliphatic hydroxyl groups is 1. The zero-order chi connectivity index (χ0) is 18.4. The molecule has 2 aromatic rings. The van der Waals surface area contributed by atoms with Crippen molar-refractivity contribution in [2.75, 3.05) is 13.7 Å². The van der Waals surface area contributed by atoms with Crippen molar-refractivity contribution in [2.45, 2.75) is 24.7 Å². The van der Waals surface area contributed by atoms with Gasteiger partial charge >= 0.3 is 0 Å². The van der Waals surface area contributed by atoms with Crippen LogP contribution in [0.1, 0.15) is 22.6 Å². The van der Waals surface area contributed by atoms with Crippen molar-refractivity contribution < 1.29 is 14.6 Å². The van der Waals surface area contributed by atoms with Crippen LogP contribution in [0.4, 0.5) is 0 Å². The molecule has 0 aromatic heterocycles. The lowest BCUT2D eigenvalue weighted by molar-refractivity contribution is -0.0579. The Hall–Kier alpha value is -2.79. The molecule has 3 atom stereocenters. The third-order valence-corrected chi connectivity index (χ3v) is 4.50. The van der Waals surface area contributed by atoms with E-state index in [1.165, 1.54) is 0 Å². The third-order valence-electron chi connectivity index (χ3n) is 4.50. The van der Waals surface area contributed by atoms with Gasteiger partial charge in [-0.05, 0) is 34.4 Å². The molecule has 134 valence electrons. The van der Waals surface area contributed by atoms with Crippen LogP contribution >= 0.6 is 0 Å². The van der Waals surface area contributed by atoms with Gasteiger partial charge in [0.25, 0.3) is 0 Å². The Morgan fingerprint density at radius 3 is 2.88 bits per heavy atom. The number of ether oxygens (including phenoxy) is 2. The molecule has 0 saturated carbocycles. The van der Waals surface area contributed by atoms with Crippen molar-refractivity contribution in [3.63, 3.8) is 0 Å². The van der Waals surface area contributed by atoms with Gasteiger partial charge in [0, 0.05) is 10.8 Å². The summed E-state index contributed by atoms with van der Waals surface area (Å²) in [5.41, 5.74) is 11.7. The van der Waals surface area contributed by atoms with Gasteiger partial charge in [-0.15, -0.1) is 0 Å². The Morgan fingerprint density at radius 1 is 1.35 bits per heavy atom. The summed E-state index contributed by atoms with van der Waals surface area (Å²) in [4.78, 5) is 2.73. The summed E-state index contributed by atoms with van der Waals surface area (Å²) in [5, 5.41) is 13.9. The Kier molecular flexibility index (Phi) is 5.92. The molecule has 2 aromatic carbocycles. The van der Waals surface area contributed by atoms with Crippen LogP contribution in [-0.4, -0.2) is 31.0 Å². The fourth-order valence-corrected chi connectivity index (χ4v) is 3.19. The fourth-order valence-electron chi connectivity index (χ4n) is 3.19. The van der Waals surface area contributed by atoms with Crippen molar-refractivity contribution in [3.8, 4) is 5.75 Å². The SMILES string of the molecule is COc1ccc2c(c1)CO[C@H]([C@H](O)CN=[N+]=[N-])[C@H]2/C=C/c1ccccc1. The van der Waals surface area contributed by atoms with E-state index in [1.807, 2.05) is 60.7 Å². The monoisotopic (exact) mass is 351 g/mol. The zero-order valence-corrected chi connectivity index (χ0v) is 14.5. The number of rotatable bonds is 6. The zero-order valence-electron chi connectivity index (χ0n) is 14.5. The number of azide groups is 1. The third kappa shape index (κ3) is 4.06. The van der Waals surface area contributed by atoms with E-state index in [9.17, 15) is 5.11 Å². The van der Waals surface area contributed by atoms with Crippen LogP contribution in [0.3, 0.4) is 0 Å². The van der Waals surface area contributed by atoms with Gasteiger partial charge in [-0.2, -0.15) is 0 Å². The highest BCUT2D eigenvalue weighted by molar-refractivity contribution is 5.52. The number of hydrogen-bond donors (Lipinski definition) is 1. The van der Waals surface area contributed by atoms with Crippen LogP contribution in [0, 0.1) is 0 Å². The Balaban J connectivity index is 1.94. The first-order valence-electron chi connectivity index (χ1n) is 8.43. The highest BCUT2D eigenvalue weighted by Gasteiger charge is 2.33. The van der Waals surface area contributed by atoms with Gasteiger partial charge in [0.1, 0.15) is 5.75 Å². The smallest absolute Gasteiger partial charge is 0.119 e. The van der Waals surface area contributed by atoms with Crippen LogP contribution < -0.4 is 4.74 Å². The van der Waals surface area contributed by atoms with Gasteiger partial charge in [0.15, 0.2) is 0 Å². The highest BCUT2D eigenvalue weighted by atomic mass is 16.5. The first-order valence-corrected chi connectivity index (χ1v) is 8.43. The van der Waals surface area contributed by atoms with E-state index in [0.29, 0.717) is 6.61 Å². The molecule has 0 bridgehead atoms. The fraction of sp³-hybridized carbons (Fsp3) is 0.300. The average Bonchev–Trinajstić information content (AvgIpc) is 2.70. The summed E-state index contributed by atoms with van der Waals surface area (Å²) in [6.07, 6.45) is 2.68. The second-order valence-corrected chi connectivity index (χ2v) is 6.12. The highest BCUT2D eigenvalue weighted by Crippen LogP contribution is 2.36. The van der Waals surface area contributed by atoms with Gasteiger partial charge in [-0.3, -0.25) is 0 Å². The van der Waals surface area contributed by atoms with Crippen LogP contribution in [-0.2, 0) is 11.3 Å². The summed E-state index contributed by atoms with van der Waals surface area (Å²) < 4.78 is 11.2. The molecule has 0 fully saturated rings. The molecule has 6 nitrogen and oxygen atoms in total. The van der Waals surface area contributed by atoms with Crippen LogP contribution in [0.2, 0.25) is 0 Å². The first-order chi connectivity index (χ1) is 12.7. The van der Waals surface area contributed by atoms with Gasteiger partial charge in [0.05, 0.1) is 32.5 Å². The molecular formula is C20H21N3O3. The number of aliphatic hydroxyl groups excluding tert-OH is 1. The van der Waals surface area contributed by atoms with Gasteiger partial charge in [-0.1, -0.05) is 53.7 Å². The average molecular weight is 351 g/mol. The lowest BCUT2D eigenvalue weighted by Crippen LogP contribution is -2.39. The number of hydrogen-bond acceptors (Lipinski definition) is 4. The molecule has 26 heavy (non-hydrogen) atoms. The van der Waals surface area contributed by atoms with Gasteiger partial charge in [0.2, 0.25) is 0 Å². The maximum absolute atomic E-state index is 10.5. The number of methoxy groups -OCH3 is 1. The largest absolute Gasteiger partial charge is 0.497 e. The molecule has 0 radical (unpaired) electrons. The molecule has 3 rings (SSSR count). The minimum Gasteiger partial charge on any atom is -0.497 e. The Labute approximate surface area is 152 Å². The van der Waals surface area contributed by atoms with Gasteiger partial charge in [-0.25, -0.2) is 0 Å².